The third kappa shape index (κ3) is 9.34. The van der Waals surface area contributed by atoms with Crippen molar-refractivity contribution in [1.29, 1.82) is 0 Å². The Hall–Kier alpha value is -2.83. The lowest BCUT2D eigenvalue weighted by atomic mass is 9.91. The Morgan fingerprint density at radius 3 is 2.56 bits per heavy atom. The average Bonchev–Trinajstić information content (AvgIpc) is 3.39. The zero-order valence-corrected chi connectivity index (χ0v) is 25.3. The molecule has 1 aliphatic rings. The molecule has 220 valence electrons. The van der Waals surface area contributed by atoms with Crippen molar-refractivity contribution in [2.75, 3.05) is 17.6 Å². The number of anilines is 1. The fourth-order valence-corrected chi connectivity index (χ4v) is 6.64. The number of aliphatic hydroxyl groups is 1. The van der Waals surface area contributed by atoms with Crippen LogP contribution in [0.4, 0.5) is 5.69 Å². The van der Waals surface area contributed by atoms with E-state index in [1.807, 2.05) is 55.5 Å². The molecule has 0 saturated carbocycles. The number of aliphatic hydroxyl groups excluding tert-OH is 1. The van der Waals surface area contributed by atoms with Crippen molar-refractivity contribution in [3.8, 4) is 0 Å². The van der Waals surface area contributed by atoms with Crippen LogP contribution < -0.4 is 10.6 Å². The number of aromatic nitrogens is 2. The van der Waals surface area contributed by atoms with Gasteiger partial charge in [-0.25, -0.2) is 0 Å². The number of benzene rings is 2. The number of nitrogens with zero attached hydrogens (tertiary/aromatic N) is 2. The Balaban J connectivity index is 1.43. The minimum absolute atomic E-state index is 0.0107. The highest BCUT2D eigenvalue weighted by atomic mass is 32.2. The normalized spacial score (nSPS) is 20.5. The maximum Gasteiger partial charge on any atom is 0.224 e. The lowest BCUT2D eigenvalue weighted by molar-refractivity contribution is -0.268. The number of aryl methyl sites for hydroxylation is 1. The predicted molar refractivity (Wildman–Crippen MR) is 161 cm³/mol. The molecule has 2 amide bonds. The van der Waals surface area contributed by atoms with Crippen LogP contribution in [0.5, 0.6) is 0 Å². The van der Waals surface area contributed by atoms with E-state index in [2.05, 4.69) is 27.8 Å². The first-order valence-corrected chi connectivity index (χ1v) is 15.7. The fraction of sp³-hybridized carbons (Fsp3) is 0.467. The first-order valence-electron chi connectivity index (χ1n) is 13.9. The molecule has 41 heavy (non-hydrogen) atoms. The van der Waals surface area contributed by atoms with Gasteiger partial charge in [-0.05, 0) is 43.0 Å². The molecule has 1 saturated heterocycles. The highest BCUT2D eigenvalue weighted by molar-refractivity contribution is 8.01. The summed E-state index contributed by atoms with van der Waals surface area (Å²) in [5, 5.41) is 24.5. The van der Waals surface area contributed by atoms with Crippen LogP contribution in [-0.4, -0.2) is 45.5 Å². The van der Waals surface area contributed by atoms with Gasteiger partial charge in [-0.3, -0.25) is 9.59 Å². The van der Waals surface area contributed by atoms with Crippen LogP contribution in [0.1, 0.15) is 73.6 Å². The molecular formula is C30H38N4O5S2. The van der Waals surface area contributed by atoms with E-state index in [1.54, 1.807) is 23.1 Å². The third-order valence-corrected chi connectivity index (χ3v) is 8.96. The summed E-state index contributed by atoms with van der Waals surface area (Å²) < 4.78 is 14.0. The number of amides is 2. The summed E-state index contributed by atoms with van der Waals surface area (Å²) in [6.45, 7) is 6.19. The zero-order valence-electron chi connectivity index (χ0n) is 23.7. The van der Waals surface area contributed by atoms with Gasteiger partial charge in [0.15, 0.2) is 10.6 Å². The zero-order chi connectivity index (χ0) is 29.2. The second-order valence-corrected chi connectivity index (χ2v) is 12.6. The van der Waals surface area contributed by atoms with Gasteiger partial charge in [-0.1, -0.05) is 72.8 Å². The van der Waals surface area contributed by atoms with Crippen molar-refractivity contribution in [3.63, 3.8) is 0 Å². The number of rotatable bonds is 13. The van der Waals surface area contributed by atoms with Crippen molar-refractivity contribution < 1.29 is 24.2 Å². The quantitative estimate of drug-likeness (QED) is 0.173. The van der Waals surface area contributed by atoms with E-state index >= 15 is 0 Å². The van der Waals surface area contributed by atoms with E-state index in [-0.39, 0.29) is 36.5 Å². The lowest BCUT2D eigenvalue weighted by Gasteiger charge is -2.41. The van der Waals surface area contributed by atoms with Gasteiger partial charge in [-0.2, -0.15) is 0 Å². The molecule has 3 aromatic rings. The van der Waals surface area contributed by atoms with Crippen LogP contribution in [0.15, 0.2) is 52.9 Å². The lowest BCUT2D eigenvalue weighted by Crippen LogP contribution is -2.38. The van der Waals surface area contributed by atoms with Gasteiger partial charge >= 0.3 is 0 Å². The van der Waals surface area contributed by atoms with Crippen LogP contribution in [0.25, 0.3) is 0 Å². The SMILES string of the molecule is CC(=O)NCCCCCC(=O)Nc1cccc(C2OC(CSc3nnc(C)s3)C(C)C(c3ccc(CO)cc3)O2)c1. The molecule has 0 bridgehead atoms. The summed E-state index contributed by atoms with van der Waals surface area (Å²) in [5.41, 5.74) is 3.38. The number of nitrogens with one attached hydrogen (secondary N) is 2. The second-order valence-electron chi connectivity index (χ2n) is 10.2. The number of unbranched alkanes of at least 4 members (excludes halogenated alkanes) is 2. The van der Waals surface area contributed by atoms with Crippen LogP contribution in [-0.2, 0) is 25.7 Å². The molecular weight excluding hydrogens is 560 g/mol. The first kappa shape index (κ1) is 31.1. The molecule has 1 aliphatic heterocycles. The van der Waals surface area contributed by atoms with Gasteiger partial charge in [0.05, 0.1) is 18.8 Å². The first-order chi connectivity index (χ1) is 19.8. The van der Waals surface area contributed by atoms with Gasteiger partial charge in [-0.15, -0.1) is 10.2 Å². The maximum absolute atomic E-state index is 12.6. The van der Waals surface area contributed by atoms with Crippen molar-refractivity contribution in [2.45, 2.75) is 75.9 Å². The van der Waals surface area contributed by atoms with Crippen LogP contribution in [0.2, 0.25) is 0 Å². The molecule has 2 aromatic carbocycles. The second kappa shape index (κ2) is 15.4. The molecule has 4 unspecified atom stereocenters. The van der Waals surface area contributed by atoms with E-state index in [4.69, 9.17) is 9.47 Å². The number of hydrogen-bond acceptors (Lipinski definition) is 9. The van der Waals surface area contributed by atoms with Crippen LogP contribution in [0, 0.1) is 12.8 Å². The number of thioether (sulfide) groups is 1. The maximum atomic E-state index is 12.6. The average molecular weight is 599 g/mol. The summed E-state index contributed by atoms with van der Waals surface area (Å²) in [7, 11) is 0. The standard InChI is InChI=1S/C30H38N4O5S2/c1-19-26(18-40-30-34-33-21(3)41-30)38-29(39-28(19)23-13-11-22(17-35)12-14-23)24-8-7-9-25(16-24)32-27(37)10-5-4-6-15-31-20(2)36/h7-9,11-14,16,19,26,28-29,35H,4-6,10,15,17-18H2,1-3H3,(H,31,36)(H,32,37). The van der Waals surface area contributed by atoms with Gasteiger partial charge in [0, 0.05) is 42.8 Å². The Morgan fingerprint density at radius 1 is 1.05 bits per heavy atom. The monoisotopic (exact) mass is 598 g/mol. The van der Waals surface area contributed by atoms with E-state index in [0.717, 1.165) is 45.3 Å². The highest BCUT2D eigenvalue weighted by Gasteiger charge is 2.38. The van der Waals surface area contributed by atoms with Crippen LogP contribution >= 0.6 is 23.1 Å². The minimum atomic E-state index is -0.624. The van der Waals surface area contributed by atoms with Crippen LogP contribution in [0.3, 0.4) is 0 Å². The Morgan fingerprint density at radius 2 is 1.85 bits per heavy atom. The molecule has 3 N–H and O–H groups in total. The predicted octanol–water partition coefficient (Wildman–Crippen LogP) is 5.56. The Kier molecular flexibility index (Phi) is 11.7. The smallest absolute Gasteiger partial charge is 0.224 e. The molecule has 4 atom stereocenters. The van der Waals surface area contributed by atoms with Crippen molar-refractivity contribution in [1.82, 2.24) is 15.5 Å². The largest absolute Gasteiger partial charge is 0.392 e. The molecule has 2 heterocycles. The van der Waals surface area contributed by atoms with E-state index in [9.17, 15) is 14.7 Å². The van der Waals surface area contributed by atoms with Crippen molar-refractivity contribution in [3.05, 3.63) is 70.2 Å². The minimum Gasteiger partial charge on any atom is -0.392 e. The molecule has 0 spiro atoms. The summed E-state index contributed by atoms with van der Waals surface area (Å²) in [4.78, 5) is 23.5. The summed E-state index contributed by atoms with van der Waals surface area (Å²) in [5.74, 6) is 0.663. The highest BCUT2D eigenvalue weighted by Crippen LogP contribution is 2.43. The topological polar surface area (TPSA) is 123 Å². The molecule has 0 aliphatic carbocycles. The van der Waals surface area contributed by atoms with Crippen molar-refractivity contribution >= 4 is 40.6 Å². The molecule has 1 aromatic heterocycles. The number of carbonyl (C=O) groups excluding carboxylic acids is 2. The Bertz CT molecular complexity index is 1290. The fourth-order valence-electron chi connectivity index (χ4n) is 4.64. The Labute approximate surface area is 249 Å². The summed E-state index contributed by atoms with van der Waals surface area (Å²) in [6.07, 6.45) is 1.91. The van der Waals surface area contributed by atoms with E-state index in [0.29, 0.717) is 24.4 Å². The van der Waals surface area contributed by atoms with Gasteiger partial charge < -0.3 is 25.2 Å². The number of carbonyl (C=O) groups is 2. The number of ether oxygens (including phenoxy) is 2. The molecule has 4 rings (SSSR count). The molecule has 11 heteroatoms. The summed E-state index contributed by atoms with van der Waals surface area (Å²) in [6, 6.07) is 15.4. The molecule has 1 fully saturated rings. The van der Waals surface area contributed by atoms with Gasteiger partial charge in [0.25, 0.3) is 0 Å². The van der Waals surface area contributed by atoms with Gasteiger partial charge in [0.2, 0.25) is 11.8 Å². The van der Waals surface area contributed by atoms with E-state index < -0.39 is 6.29 Å². The third-order valence-electron chi connectivity index (χ3n) is 6.90. The summed E-state index contributed by atoms with van der Waals surface area (Å²) >= 11 is 3.20. The van der Waals surface area contributed by atoms with Crippen molar-refractivity contribution in [2.24, 2.45) is 5.92 Å². The molecule has 9 nitrogen and oxygen atoms in total. The number of hydrogen-bond donors (Lipinski definition) is 3. The molecule has 0 radical (unpaired) electrons. The van der Waals surface area contributed by atoms with Gasteiger partial charge in [0.1, 0.15) is 5.01 Å². The van der Waals surface area contributed by atoms with E-state index in [1.165, 1.54) is 6.92 Å².